The minimum atomic E-state index is -5.76. The maximum atomic E-state index is 11.8. The molecule has 1 N–H and O–H groups in total. The van der Waals surface area contributed by atoms with Crippen molar-refractivity contribution >= 4 is 22.1 Å². The molecule has 0 saturated heterocycles. The summed E-state index contributed by atoms with van der Waals surface area (Å²) in [6.45, 7) is 3.00. The molecule has 0 spiro atoms. The second-order valence-electron chi connectivity index (χ2n) is 3.86. The van der Waals surface area contributed by atoms with E-state index in [-0.39, 0.29) is 6.42 Å². The van der Waals surface area contributed by atoms with Crippen LogP contribution in [0.4, 0.5) is 13.2 Å². The summed E-state index contributed by atoms with van der Waals surface area (Å²) in [5.41, 5.74) is -5.55. The SMILES string of the molecule is CC[C@@H](O)C(=O)OC.CC[C@@H](OS(=O)(=O)C(F)(F)F)C(=O)OC. The zero-order valence-electron chi connectivity index (χ0n) is 12.9. The van der Waals surface area contributed by atoms with Gasteiger partial charge in [0.2, 0.25) is 0 Å². The number of alkyl halides is 3. The Kier molecular flexibility index (Phi) is 10.8. The zero-order chi connectivity index (χ0) is 18.8. The minimum absolute atomic E-state index is 0.248. The number of esters is 2. The fraction of sp³-hybridized carbons (Fsp3) is 0.818. The fourth-order valence-corrected chi connectivity index (χ4v) is 1.55. The van der Waals surface area contributed by atoms with E-state index in [1.54, 1.807) is 6.92 Å². The number of aliphatic hydroxyl groups excluding tert-OH is 1. The average Bonchev–Trinajstić information content (AvgIpc) is 2.49. The lowest BCUT2D eigenvalue weighted by atomic mass is 10.3. The molecule has 0 aromatic carbocycles. The molecule has 138 valence electrons. The summed E-state index contributed by atoms with van der Waals surface area (Å²) in [5.74, 6) is -1.74. The number of carbonyl (C=O) groups is 2. The smallest absolute Gasteiger partial charge is 0.467 e. The molecule has 0 aromatic heterocycles. The summed E-state index contributed by atoms with van der Waals surface area (Å²) in [5, 5.41) is 8.65. The van der Waals surface area contributed by atoms with E-state index in [0.29, 0.717) is 6.42 Å². The quantitative estimate of drug-likeness (QED) is 0.414. The Labute approximate surface area is 131 Å². The topological polar surface area (TPSA) is 116 Å². The molecule has 0 unspecified atom stereocenters. The van der Waals surface area contributed by atoms with Crippen molar-refractivity contribution in [1.29, 1.82) is 0 Å². The molecule has 0 heterocycles. The number of carbonyl (C=O) groups excluding carboxylic acids is 2. The van der Waals surface area contributed by atoms with Crippen LogP contribution in [0.1, 0.15) is 26.7 Å². The Morgan fingerprint density at radius 1 is 1.04 bits per heavy atom. The largest absolute Gasteiger partial charge is 0.523 e. The standard InChI is InChI=1S/C6H9F3O5S.C5H10O3/c1-3-4(5(10)13-2)14-15(11,12)6(7,8)9;1-3-4(6)5(7)8-2/h4H,3H2,1-2H3;4,6H,3H2,1-2H3/t2*4-/m11/s1. The Morgan fingerprint density at radius 3 is 1.70 bits per heavy atom. The zero-order valence-corrected chi connectivity index (χ0v) is 13.7. The highest BCUT2D eigenvalue weighted by molar-refractivity contribution is 7.87. The van der Waals surface area contributed by atoms with E-state index < -0.39 is 39.8 Å². The molecule has 0 saturated carbocycles. The van der Waals surface area contributed by atoms with Crippen LogP contribution in [0.25, 0.3) is 0 Å². The predicted molar refractivity (Wildman–Crippen MR) is 70.5 cm³/mol. The first kappa shape index (κ1) is 23.9. The highest BCUT2D eigenvalue weighted by atomic mass is 32.2. The summed E-state index contributed by atoms with van der Waals surface area (Å²) in [4.78, 5) is 21.0. The molecule has 0 aliphatic rings. The molecule has 0 aliphatic carbocycles. The molecule has 0 radical (unpaired) electrons. The van der Waals surface area contributed by atoms with E-state index in [1.165, 1.54) is 14.0 Å². The van der Waals surface area contributed by atoms with Crippen molar-refractivity contribution in [2.75, 3.05) is 14.2 Å². The van der Waals surface area contributed by atoms with Gasteiger partial charge in [-0.1, -0.05) is 13.8 Å². The third kappa shape index (κ3) is 8.71. The Bertz CT molecular complexity index is 474. The Morgan fingerprint density at radius 2 is 1.48 bits per heavy atom. The van der Waals surface area contributed by atoms with Crippen LogP contribution < -0.4 is 0 Å². The number of hydrogen-bond acceptors (Lipinski definition) is 8. The van der Waals surface area contributed by atoms with E-state index in [0.717, 1.165) is 7.11 Å². The summed E-state index contributed by atoms with van der Waals surface area (Å²) in [6, 6.07) is 0. The van der Waals surface area contributed by atoms with Crippen molar-refractivity contribution in [1.82, 2.24) is 0 Å². The van der Waals surface area contributed by atoms with Gasteiger partial charge in [0.15, 0.2) is 12.2 Å². The van der Waals surface area contributed by atoms with Crippen molar-refractivity contribution in [3.63, 3.8) is 0 Å². The van der Waals surface area contributed by atoms with Gasteiger partial charge in [-0.15, -0.1) is 0 Å². The number of hydrogen-bond donors (Lipinski definition) is 1. The molecule has 0 bridgehead atoms. The molecule has 0 aliphatic heterocycles. The number of halogens is 3. The fourth-order valence-electron chi connectivity index (χ4n) is 0.916. The van der Waals surface area contributed by atoms with Crippen LogP contribution in [0.3, 0.4) is 0 Å². The highest BCUT2D eigenvalue weighted by Crippen LogP contribution is 2.26. The van der Waals surface area contributed by atoms with Gasteiger partial charge in [0.05, 0.1) is 14.2 Å². The van der Waals surface area contributed by atoms with E-state index in [1.807, 2.05) is 0 Å². The number of aliphatic hydroxyl groups is 1. The second kappa shape index (κ2) is 10.4. The second-order valence-corrected chi connectivity index (χ2v) is 5.43. The number of rotatable bonds is 6. The third-order valence-electron chi connectivity index (χ3n) is 2.22. The lowest BCUT2D eigenvalue weighted by molar-refractivity contribution is -0.150. The van der Waals surface area contributed by atoms with E-state index in [2.05, 4.69) is 13.7 Å². The van der Waals surface area contributed by atoms with Gasteiger partial charge in [0.25, 0.3) is 0 Å². The van der Waals surface area contributed by atoms with Crippen molar-refractivity contribution < 1.29 is 49.9 Å². The van der Waals surface area contributed by atoms with Crippen LogP contribution in [0, 0.1) is 0 Å². The molecule has 12 heteroatoms. The van der Waals surface area contributed by atoms with Gasteiger partial charge in [-0.05, 0) is 12.8 Å². The normalized spacial score (nSPS) is 14.1. The highest BCUT2D eigenvalue weighted by Gasteiger charge is 2.49. The van der Waals surface area contributed by atoms with E-state index in [9.17, 15) is 31.2 Å². The molecule has 0 aromatic rings. The minimum Gasteiger partial charge on any atom is -0.467 e. The van der Waals surface area contributed by atoms with Gasteiger partial charge < -0.3 is 14.6 Å². The molecule has 0 amide bonds. The predicted octanol–water partition coefficient (Wildman–Crippen LogP) is 0.735. The van der Waals surface area contributed by atoms with Crippen molar-refractivity contribution in [3.05, 3.63) is 0 Å². The summed E-state index contributed by atoms with van der Waals surface area (Å²) >= 11 is 0. The maximum absolute atomic E-state index is 11.8. The van der Waals surface area contributed by atoms with Gasteiger partial charge in [0, 0.05) is 0 Å². The van der Waals surface area contributed by atoms with Gasteiger partial charge in [-0.2, -0.15) is 21.6 Å². The molecule has 8 nitrogen and oxygen atoms in total. The third-order valence-corrected chi connectivity index (χ3v) is 3.27. The average molecular weight is 368 g/mol. The van der Waals surface area contributed by atoms with Crippen LogP contribution in [-0.4, -0.2) is 57.4 Å². The first-order valence-electron chi connectivity index (χ1n) is 6.21. The Balaban J connectivity index is 0. The molecular formula is C11H19F3O8S. The van der Waals surface area contributed by atoms with E-state index in [4.69, 9.17) is 5.11 Å². The van der Waals surface area contributed by atoms with Gasteiger partial charge in [-0.3, -0.25) is 0 Å². The molecule has 0 fully saturated rings. The van der Waals surface area contributed by atoms with Crippen LogP contribution in [0.2, 0.25) is 0 Å². The van der Waals surface area contributed by atoms with Crippen molar-refractivity contribution in [2.45, 2.75) is 44.4 Å². The molecule has 2 atom stereocenters. The summed E-state index contributed by atoms with van der Waals surface area (Å²) in [6.07, 6.45) is -2.56. The number of methoxy groups -OCH3 is 2. The molecule has 0 rings (SSSR count). The van der Waals surface area contributed by atoms with Gasteiger partial charge >= 0.3 is 27.6 Å². The monoisotopic (exact) mass is 368 g/mol. The first-order chi connectivity index (χ1) is 10.4. The van der Waals surface area contributed by atoms with Crippen LogP contribution >= 0.6 is 0 Å². The van der Waals surface area contributed by atoms with Crippen LogP contribution in [-0.2, 0) is 33.4 Å². The lowest BCUT2D eigenvalue weighted by Crippen LogP contribution is -2.34. The molecular weight excluding hydrogens is 349 g/mol. The van der Waals surface area contributed by atoms with Crippen LogP contribution in [0.15, 0.2) is 0 Å². The number of ether oxygens (including phenoxy) is 2. The first-order valence-corrected chi connectivity index (χ1v) is 7.61. The maximum Gasteiger partial charge on any atom is 0.523 e. The Hall–Kier alpha value is -1.40. The lowest BCUT2D eigenvalue weighted by Gasteiger charge is -2.14. The van der Waals surface area contributed by atoms with Crippen LogP contribution in [0.5, 0.6) is 0 Å². The van der Waals surface area contributed by atoms with Gasteiger partial charge in [0.1, 0.15) is 0 Å². The molecule has 23 heavy (non-hydrogen) atoms. The summed E-state index contributed by atoms with van der Waals surface area (Å²) in [7, 11) is -3.60. The van der Waals surface area contributed by atoms with Crippen molar-refractivity contribution in [3.8, 4) is 0 Å². The summed E-state index contributed by atoms with van der Waals surface area (Å²) < 4.78 is 68.4. The van der Waals surface area contributed by atoms with E-state index >= 15 is 0 Å². The van der Waals surface area contributed by atoms with Gasteiger partial charge in [-0.25, -0.2) is 13.8 Å². The van der Waals surface area contributed by atoms with Crippen molar-refractivity contribution in [2.24, 2.45) is 0 Å².